The number of hydrogen-bond acceptors (Lipinski definition) is 9. The van der Waals surface area contributed by atoms with E-state index >= 15 is 0 Å². The molecular formula is C23H18Cl2N8O2. The number of para-hydroxylation sites is 2. The number of hydrogen-bond donors (Lipinski definition) is 2. The summed E-state index contributed by atoms with van der Waals surface area (Å²) in [5.74, 6) is 2.67. The topological polar surface area (TPSA) is 112 Å². The first-order valence-electron chi connectivity index (χ1n) is 10.3. The average Bonchev–Trinajstić information content (AvgIpc) is 3.25. The van der Waals surface area contributed by atoms with Gasteiger partial charge in [-0.05, 0) is 18.2 Å². The first-order valence-corrected chi connectivity index (χ1v) is 11.1. The number of methoxy groups -OCH3 is 2. The van der Waals surface area contributed by atoms with Gasteiger partial charge in [-0.2, -0.15) is 0 Å². The predicted molar refractivity (Wildman–Crippen MR) is 135 cm³/mol. The highest BCUT2D eigenvalue weighted by atomic mass is 35.5. The van der Waals surface area contributed by atoms with Gasteiger partial charge in [0.25, 0.3) is 0 Å². The largest absolute Gasteiger partial charge is 0.495 e. The van der Waals surface area contributed by atoms with E-state index < -0.39 is 0 Å². The third kappa shape index (κ3) is 4.36. The van der Waals surface area contributed by atoms with Gasteiger partial charge >= 0.3 is 0 Å². The molecule has 5 rings (SSSR count). The molecule has 3 aromatic heterocycles. The van der Waals surface area contributed by atoms with Gasteiger partial charge in [-0.25, -0.2) is 24.9 Å². The van der Waals surface area contributed by atoms with Crippen molar-refractivity contribution in [3.8, 4) is 17.3 Å². The first kappa shape index (κ1) is 22.6. The van der Waals surface area contributed by atoms with Crippen molar-refractivity contribution in [2.24, 2.45) is 0 Å². The molecule has 5 aromatic rings. The lowest BCUT2D eigenvalue weighted by Gasteiger charge is -2.16. The van der Waals surface area contributed by atoms with E-state index in [0.717, 1.165) is 11.0 Å². The monoisotopic (exact) mass is 508 g/mol. The molecule has 0 aliphatic carbocycles. The van der Waals surface area contributed by atoms with Crippen molar-refractivity contribution >= 4 is 57.6 Å². The number of halogens is 2. The smallest absolute Gasteiger partial charge is 0.228 e. The zero-order valence-corrected chi connectivity index (χ0v) is 20.0. The first-order chi connectivity index (χ1) is 17.1. The number of rotatable bonds is 7. The Hall–Kier alpha value is -4.15. The standard InChI is InChI=1S/C23H18Cl2N8O2/c1-34-15-10-16(35-2)20(25)21(19(15)24)32-23-30-13-6-3-4-7-14(13)33(23)18-11-17(28-12-29-18)31-22-26-8-5-9-27-22/h3-12H,1-2H3,(H,30,32)(H,26,27,28,29,31). The maximum atomic E-state index is 6.59. The Bertz CT molecular complexity index is 1480. The quantitative estimate of drug-likeness (QED) is 0.297. The van der Waals surface area contributed by atoms with Crippen LogP contribution in [0.3, 0.4) is 0 Å². The Morgan fingerprint density at radius 3 is 2.26 bits per heavy atom. The lowest BCUT2D eigenvalue weighted by molar-refractivity contribution is 0.395. The molecule has 0 aliphatic rings. The summed E-state index contributed by atoms with van der Waals surface area (Å²) in [5, 5.41) is 6.87. The molecule has 176 valence electrons. The molecule has 0 unspecified atom stereocenters. The fraction of sp³-hybridized carbons (Fsp3) is 0.0870. The number of nitrogens with one attached hydrogen (secondary N) is 2. The molecule has 2 aromatic carbocycles. The highest BCUT2D eigenvalue weighted by Crippen LogP contribution is 2.45. The summed E-state index contributed by atoms with van der Waals surface area (Å²) in [6.07, 6.45) is 4.71. The molecular weight excluding hydrogens is 491 g/mol. The molecule has 12 heteroatoms. The van der Waals surface area contributed by atoms with Crippen LogP contribution in [0.4, 0.5) is 23.4 Å². The van der Waals surface area contributed by atoms with Crippen molar-refractivity contribution in [2.45, 2.75) is 0 Å². The van der Waals surface area contributed by atoms with E-state index in [-0.39, 0.29) is 10.0 Å². The van der Waals surface area contributed by atoms with Crippen LogP contribution in [0.1, 0.15) is 0 Å². The summed E-state index contributed by atoms with van der Waals surface area (Å²) in [6, 6.07) is 12.7. The summed E-state index contributed by atoms with van der Waals surface area (Å²) in [5.41, 5.74) is 1.92. The molecule has 3 heterocycles. The fourth-order valence-corrected chi connectivity index (χ4v) is 4.06. The van der Waals surface area contributed by atoms with Gasteiger partial charge in [0.2, 0.25) is 11.9 Å². The van der Waals surface area contributed by atoms with Crippen molar-refractivity contribution in [3.05, 3.63) is 71.2 Å². The number of benzene rings is 2. The SMILES string of the molecule is COc1cc(OC)c(Cl)c(Nc2nc3ccccc3n2-c2cc(Nc3ncccn3)ncn2)c1Cl. The Balaban J connectivity index is 1.63. The van der Waals surface area contributed by atoms with E-state index in [0.29, 0.717) is 40.7 Å². The number of aromatic nitrogens is 6. The average molecular weight is 509 g/mol. The predicted octanol–water partition coefficient (Wildman–Crippen LogP) is 5.42. The van der Waals surface area contributed by atoms with Crippen LogP contribution in [-0.4, -0.2) is 43.7 Å². The van der Waals surface area contributed by atoms with Gasteiger partial charge in [-0.3, -0.25) is 4.57 Å². The molecule has 35 heavy (non-hydrogen) atoms. The summed E-state index contributed by atoms with van der Waals surface area (Å²) in [6.45, 7) is 0. The molecule has 2 N–H and O–H groups in total. The number of ether oxygens (including phenoxy) is 2. The van der Waals surface area contributed by atoms with Crippen LogP contribution in [-0.2, 0) is 0 Å². The number of anilines is 4. The van der Waals surface area contributed by atoms with Crippen molar-refractivity contribution < 1.29 is 9.47 Å². The van der Waals surface area contributed by atoms with Crippen molar-refractivity contribution in [1.29, 1.82) is 0 Å². The highest BCUT2D eigenvalue weighted by Gasteiger charge is 2.21. The van der Waals surface area contributed by atoms with Crippen molar-refractivity contribution in [3.63, 3.8) is 0 Å². The van der Waals surface area contributed by atoms with Crippen LogP contribution in [0, 0.1) is 0 Å². The van der Waals surface area contributed by atoms with E-state index in [1.807, 2.05) is 28.8 Å². The van der Waals surface area contributed by atoms with Crippen LogP contribution < -0.4 is 20.1 Å². The zero-order chi connectivity index (χ0) is 24.4. The van der Waals surface area contributed by atoms with Gasteiger partial charge in [0.15, 0.2) is 0 Å². The molecule has 0 amide bonds. The third-order valence-electron chi connectivity index (χ3n) is 5.06. The number of fused-ring (bicyclic) bond motifs is 1. The Morgan fingerprint density at radius 1 is 0.829 bits per heavy atom. The van der Waals surface area contributed by atoms with E-state index in [4.69, 9.17) is 37.7 Å². The molecule has 0 aliphatic heterocycles. The van der Waals surface area contributed by atoms with Gasteiger partial charge in [0.1, 0.15) is 39.5 Å². The van der Waals surface area contributed by atoms with Gasteiger partial charge in [0, 0.05) is 24.5 Å². The van der Waals surface area contributed by atoms with E-state index in [2.05, 4.69) is 30.6 Å². The van der Waals surface area contributed by atoms with Gasteiger partial charge in [-0.15, -0.1) is 0 Å². The van der Waals surface area contributed by atoms with Crippen molar-refractivity contribution in [1.82, 2.24) is 29.5 Å². The summed E-state index contributed by atoms with van der Waals surface area (Å²) < 4.78 is 12.6. The minimum atomic E-state index is 0.281. The molecule has 0 bridgehead atoms. The maximum absolute atomic E-state index is 6.59. The molecule has 0 saturated carbocycles. The highest BCUT2D eigenvalue weighted by molar-refractivity contribution is 6.41. The molecule has 0 saturated heterocycles. The molecule has 0 atom stereocenters. The summed E-state index contributed by atoms with van der Waals surface area (Å²) in [7, 11) is 3.03. The second-order valence-electron chi connectivity index (χ2n) is 7.13. The summed E-state index contributed by atoms with van der Waals surface area (Å²) >= 11 is 13.2. The van der Waals surface area contributed by atoms with Gasteiger partial charge in [0.05, 0.1) is 30.9 Å². The van der Waals surface area contributed by atoms with Gasteiger partial charge < -0.3 is 20.1 Å². The summed E-state index contributed by atoms with van der Waals surface area (Å²) in [4.78, 5) is 21.8. The zero-order valence-electron chi connectivity index (χ0n) is 18.5. The normalized spacial score (nSPS) is 10.9. The maximum Gasteiger partial charge on any atom is 0.228 e. The molecule has 0 fully saturated rings. The number of imidazole rings is 1. The van der Waals surface area contributed by atoms with E-state index in [9.17, 15) is 0 Å². The lowest BCUT2D eigenvalue weighted by atomic mass is 10.2. The van der Waals surface area contributed by atoms with E-state index in [1.54, 1.807) is 30.6 Å². The van der Waals surface area contributed by atoms with Gasteiger partial charge in [-0.1, -0.05) is 35.3 Å². The second kappa shape index (κ2) is 9.61. The second-order valence-corrected chi connectivity index (χ2v) is 7.88. The fourth-order valence-electron chi connectivity index (χ4n) is 3.46. The lowest BCUT2D eigenvalue weighted by Crippen LogP contribution is -2.07. The molecule has 0 radical (unpaired) electrons. The third-order valence-corrected chi connectivity index (χ3v) is 5.81. The Morgan fingerprint density at radius 2 is 1.54 bits per heavy atom. The van der Waals surface area contributed by atoms with E-state index in [1.165, 1.54) is 20.5 Å². The molecule has 10 nitrogen and oxygen atoms in total. The van der Waals surface area contributed by atoms with Crippen LogP contribution in [0.5, 0.6) is 11.5 Å². The van der Waals surface area contributed by atoms with Crippen LogP contribution >= 0.6 is 23.2 Å². The van der Waals surface area contributed by atoms with Crippen LogP contribution in [0.15, 0.2) is 61.2 Å². The minimum Gasteiger partial charge on any atom is -0.495 e. The van der Waals surface area contributed by atoms with Crippen molar-refractivity contribution in [2.75, 3.05) is 24.9 Å². The number of nitrogens with zero attached hydrogens (tertiary/aromatic N) is 6. The Labute approximate surface area is 209 Å². The van der Waals surface area contributed by atoms with Crippen LogP contribution in [0.2, 0.25) is 10.0 Å². The minimum absolute atomic E-state index is 0.281. The van der Waals surface area contributed by atoms with Crippen LogP contribution in [0.25, 0.3) is 16.9 Å². The molecule has 0 spiro atoms. The Kier molecular flexibility index (Phi) is 6.21.